The van der Waals surface area contributed by atoms with Crippen molar-refractivity contribution < 1.29 is 9.21 Å². The first-order valence-electron chi connectivity index (χ1n) is 9.48. The third-order valence-electron chi connectivity index (χ3n) is 4.07. The quantitative estimate of drug-likeness (QED) is 0.351. The minimum absolute atomic E-state index is 0. The van der Waals surface area contributed by atoms with Gasteiger partial charge in [0.2, 0.25) is 5.89 Å². The summed E-state index contributed by atoms with van der Waals surface area (Å²) in [5.41, 5.74) is 1.63. The molecule has 0 aliphatic heterocycles. The first kappa shape index (κ1) is 24.9. The Morgan fingerprint density at radius 3 is 2.34 bits per heavy atom. The van der Waals surface area contributed by atoms with E-state index in [1.54, 1.807) is 25.2 Å². The van der Waals surface area contributed by atoms with Crippen LogP contribution in [0.15, 0.2) is 39.9 Å². The maximum atomic E-state index is 12.0. The number of halogens is 1. The number of aromatic nitrogens is 1. The predicted molar refractivity (Wildman–Crippen MR) is 127 cm³/mol. The Balaban J connectivity index is 0.00000420. The predicted octanol–water partition coefficient (Wildman–Crippen LogP) is 3.55. The number of carbonyl (C=O) groups excluding carboxylic acids is 1. The molecule has 0 radical (unpaired) electrons. The van der Waals surface area contributed by atoms with E-state index < -0.39 is 0 Å². The molecule has 1 aromatic heterocycles. The molecular weight excluding hydrogens is 481 g/mol. The molecule has 1 amide bonds. The maximum Gasteiger partial charge on any atom is 0.253 e. The van der Waals surface area contributed by atoms with Crippen molar-refractivity contribution in [1.82, 2.24) is 20.5 Å². The Hall–Kier alpha value is -2.10. The van der Waals surface area contributed by atoms with Crippen molar-refractivity contribution in [3.05, 3.63) is 53.2 Å². The second kappa shape index (κ2) is 11.2. The molecule has 8 heteroatoms. The summed E-state index contributed by atoms with van der Waals surface area (Å²) >= 11 is 0. The first-order valence-corrected chi connectivity index (χ1v) is 9.48. The lowest BCUT2D eigenvalue weighted by Crippen LogP contribution is -2.36. The van der Waals surface area contributed by atoms with Crippen molar-refractivity contribution in [2.45, 2.75) is 46.2 Å². The van der Waals surface area contributed by atoms with E-state index in [0.717, 1.165) is 17.9 Å². The highest BCUT2D eigenvalue weighted by Gasteiger charge is 2.19. The van der Waals surface area contributed by atoms with Crippen molar-refractivity contribution in [2.24, 2.45) is 4.99 Å². The Bertz CT molecular complexity index is 807. The van der Waals surface area contributed by atoms with Crippen LogP contribution < -0.4 is 10.6 Å². The fraction of sp³-hybridized carbons (Fsp3) is 0.476. The monoisotopic (exact) mass is 513 g/mol. The van der Waals surface area contributed by atoms with Gasteiger partial charge in [-0.3, -0.25) is 4.79 Å². The Labute approximate surface area is 190 Å². The number of nitrogens with zero attached hydrogens (tertiary/aromatic N) is 3. The van der Waals surface area contributed by atoms with Gasteiger partial charge in [-0.2, -0.15) is 0 Å². The van der Waals surface area contributed by atoms with Gasteiger partial charge in [0.1, 0.15) is 5.76 Å². The van der Waals surface area contributed by atoms with Crippen molar-refractivity contribution in [3.63, 3.8) is 0 Å². The lowest BCUT2D eigenvalue weighted by atomic mass is 9.94. The average Bonchev–Trinajstić information content (AvgIpc) is 3.13. The topological polar surface area (TPSA) is 82.8 Å². The average molecular weight is 513 g/mol. The zero-order chi connectivity index (χ0) is 20.7. The number of oxazole rings is 1. The fourth-order valence-corrected chi connectivity index (χ4v) is 2.42. The van der Waals surface area contributed by atoms with Crippen LogP contribution in [0.3, 0.4) is 0 Å². The second-order valence-corrected chi connectivity index (χ2v) is 7.81. The summed E-state index contributed by atoms with van der Waals surface area (Å²) in [6.07, 6.45) is 1.78. The summed E-state index contributed by atoms with van der Waals surface area (Å²) in [4.78, 5) is 22.4. The van der Waals surface area contributed by atoms with E-state index in [9.17, 15) is 4.79 Å². The molecule has 0 aliphatic rings. The SMILES string of the molecule is CCNC(=NCc1ccc(C(=O)N(C)C)cc1)NCc1ncc(C(C)(C)C)o1.I. The summed E-state index contributed by atoms with van der Waals surface area (Å²) in [6, 6.07) is 7.50. The summed E-state index contributed by atoms with van der Waals surface area (Å²) in [7, 11) is 3.49. The molecule has 1 heterocycles. The van der Waals surface area contributed by atoms with Crippen LogP contribution in [0.25, 0.3) is 0 Å². The van der Waals surface area contributed by atoms with Crippen LogP contribution in [0.5, 0.6) is 0 Å². The van der Waals surface area contributed by atoms with E-state index in [1.165, 1.54) is 0 Å². The van der Waals surface area contributed by atoms with Crippen LogP contribution in [0.2, 0.25) is 0 Å². The Kier molecular flexibility index (Phi) is 9.61. The second-order valence-electron chi connectivity index (χ2n) is 7.81. The highest BCUT2D eigenvalue weighted by Crippen LogP contribution is 2.22. The van der Waals surface area contributed by atoms with E-state index in [-0.39, 0.29) is 35.3 Å². The van der Waals surface area contributed by atoms with Crippen molar-refractivity contribution >= 4 is 35.8 Å². The van der Waals surface area contributed by atoms with Gasteiger partial charge in [-0.1, -0.05) is 32.9 Å². The number of guanidine groups is 1. The molecule has 2 rings (SSSR count). The number of amides is 1. The van der Waals surface area contributed by atoms with Crippen molar-refractivity contribution in [1.29, 1.82) is 0 Å². The van der Waals surface area contributed by atoms with Gasteiger partial charge in [0, 0.05) is 31.6 Å². The molecule has 160 valence electrons. The molecule has 1 aromatic carbocycles. The van der Waals surface area contributed by atoms with Crippen LogP contribution >= 0.6 is 24.0 Å². The summed E-state index contributed by atoms with van der Waals surface area (Å²) in [5.74, 6) is 2.16. The van der Waals surface area contributed by atoms with Crippen LogP contribution in [0.4, 0.5) is 0 Å². The number of hydrogen-bond donors (Lipinski definition) is 2. The molecule has 29 heavy (non-hydrogen) atoms. The van der Waals surface area contributed by atoms with Gasteiger partial charge in [-0.25, -0.2) is 9.98 Å². The van der Waals surface area contributed by atoms with Gasteiger partial charge in [0.25, 0.3) is 5.91 Å². The van der Waals surface area contributed by atoms with Crippen LogP contribution in [0, 0.1) is 0 Å². The molecular formula is C21H32IN5O2. The lowest BCUT2D eigenvalue weighted by Gasteiger charge is -2.13. The third kappa shape index (κ3) is 7.68. The number of aliphatic imine (C=N–C) groups is 1. The van der Waals surface area contributed by atoms with E-state index in [2.05, 4.69) is 41.4 Å². The van der Waals surface area contributed by atoms with Crippen molar-refractivity contribution in [3.8, 4) is 0 Å². The van der Waals surface area contributed by atoms with Crippen LogP contribution in [-0.4, -0.2) is 42.4 Å². The molecule has 0 atom stereocenters. The van der Waals surface area contributed by atoms with Crippen LogP contribution in [-0.2, 0) is 18.5 Å². The van der Waals surface area contributed by atoms with E-state index in [1.807, 2.05) is 31.2 Å². The van der Waals surface area contributed by atoms with Gasteiger partial charge in [0.15, 0.2) is 5.96 Å². The smallest absolute Gasteiger partial charge is 0.253 e. The van der Waals surface area contributed by atoms with Crippen molar-refractivity contribution in [2.75, 3.05) is 20.6 Å². The highest BCUT2D eigenvalue weighted by molar-refractivity contribution is 14.0. The molecule has 0 unspecified atom stereocenters. The van der Waals surface area contributed by atoms with Crippen LogP contribution in [0.1, 0.15) is 55.3 Å². The molecule has 0 fully saturated rings. The number of rotatable bonds is 6. The lowest BCUT2D eigenvalue weighted by molar-refractivity contribution is 0.0827. The molecule has 2 aromatic rings. The van der Waals surface area contributed by atoms with E-state index in [0.29, 0.717) is 30.5 Å². The summed E-state index contributed by atoms with van der Waals surface area (Å²) in [5, 5.41) is 6.45. The first-order chi connectivity index (χ1) is 13.2. The Morgan fingerprint density at radius 2 is 1.83 bits per heavy atom. The van der Waals surface area contributed by atoms with Gasteiger partial charge in [-0.15, -0.1) is 24.0 Å². The highest BCUT2D eigenvalue weighted by atomic mass is 127. The summed E-state index contributed by atoms with van der Waals surface area (Å²) in [6.45, 7) is 10.0. The minimum atomic E-state index is -0.0655. The zero-order valence-electron chi connectivity index (χ0n) is 18.1. The molecule has 0 saturated heterocycles. The number of nitrogens with one attached hydrogen (secondary N) is 2. The summed E-state index contributed by atoms with van der Waals surface area (Å²) < 4.78 is 5.80. The maximum absolute atomic E-state index is 12.0. The fourth-order valence-electron chi connectivity index (χ4n) is 2.42. The molecule has 2 N–H and O–H groups in total. The number of carbonyl (C=O) groups is 1. The third-order valence-corrected chi connectivity index (χ3v) is 4.07. The standard InChI is InChI=1S/C21H31N5O2.HI/c1-7-22-20(25-14-18-23-13-17(28-18)21(2,3)4)24-12-15-8-10-16(11-9-15)19(27)26(5)6;/h8-11,13H,7,12,14H2,1-6H3,(H2,22,24,25);1H. The van der Waals surface area contributed by atoms with Gasteiger partial charge in [0.05, 0.1) is 19.3 Å². The molecule has 7 nitrogen and oxygen atoms in total. The molecule has 0 bridgehead atoms. The molecule has 0 saturated carbocycles. The van der Waals surface area contributed by atoms with Gasteiger partial charge >= 0.3 is 0 Å². The zero-order valence-corrected chi connectivity index (χ0v) is 20.4. The Morgan fingerprint density at radius 1 is 1.17 bits per heavy atom. The minimum Gasteiger partial charge on any atom is -0.443 e. The van der Waals surface area contributed by atoms with E-state index in [4.69, 9.17) is 4.42 Å². The van der Waals surface area contributed by atoms with E-state index >= 15 is 0 Å². The molecule has 0 spiro atoms. The molecule has 0 aliphatic carbocycles. The van der Waals surface area contributed by atoms with Gasteiger partial charge < -0.3 is 20.0 Å². The number of benzene rings is 1. The number of hydrogen-bond acceptors (Lipinski definition) is 4. The largest absolute Gasteiger partial charge is 0.443 e. The van der Waals surface area contributed by atoms with Gasteiger partial charge in [-0.05, 0) is 24.6 Å². The normalized spacial score (nSPS) is 11.6.